The Morgan fingerprint density at radius 2 is 1.71 bits per heavy atom. The largest absolute Gasteiger partial charge is 0.496 e. The lowest BCUT2D eigenvalue weighted by Gasteiger charge is -2.09. The highest BCUT2D eigenvalue weighted by Crippen LogP contribution is 2.11. The predicted molar refractivity (Wildman–Crippen MR) is 63.1 cm³/mol. The van der Waals surface area contributed by atoms with Gasteiger partial charge in [-0.05, 0) is 38.3 Å². The second-order valence-corrected chi connectivity index (χ2v) is 3.97. The van der Waals surface area contributed by atoms with Crippen LogP contribution in [0.4, 0.5) is 0 Å². The van der Waals surface area contributed by atoms with Gasteiger partial charge in [0.15, 0.2) is 0 Å². The minimum absolute atomic E-state index is 0.242. The maximum absolute atomic E-state index is 5.51. The third-order valence-corrected chi connectivity index (χ3v) is 1.83. The van der Waals surface area contributed by atoms with Crippen molar-refractivity contribution in [1.29, 1.82) is 0 Å². The van der Waals surface area contributed by atoms with Crippen LogP contribution in [-0.4, -0.2) is 6.10 Å². The van der Waals surface area contributed by atoms with Crippen molar-refractivity contribution in [3.05, 3.63) is 36.1 Å². The summed E-state index contributed by atoms with van der Waals surface area (Å²) in [5.41, 5.74) is 1.23. The average Bonchev–Trinajstić information content (AvgIpc) is 2.03. The van der Waals surface area contributed by atoms with E-state index in [1.165, 1.54) is 5.57 Å². The molecule has 0 saturated carbocycles. The third kappa shape index (κ3) is 5.63. The second kappa shape index (κ2) is 6.47. The Bertz CT molecular complexity index is 232. The standard InChI is InChI=1S/C13H22O/c1-7-13(10(2)3)9-8-12(6)14-11(4)5/h7-11H,1H2,2-6H3/b12-8+,13-9+. The summed E-state index contributed by atoms with van der Waals surface area (Å²) in [5, 5.41) is 0. The van der Waals surface area contributed by atoms with Crippen molar-refractivity contribution in [3.8, 4) is 0 Å². The topological polar surface area (TPSA) is 9.23 Å². The molecule has 0 unspecified atom stereocenters. The fourth-order valence-corrected chi connectivity index (χ4v) is 1.12. The molecule has 0 N–H and O–H groups in total. The summed E-state index contributed by atoms with van der Waals surface area (Å²) in [6.07, 6.45) is 6.20. The van der Waals surface area contributed by atoms with Gasteiger partial charge >= 0.3 is 0 Å². The Morgan fingerprint density at radius 1 is 1.14 bits per heavy atom. The van der Waals surface area contributed by atoms with Crippen LogP contribution >= 0.6 is 0 Å². The first-order valence-electron chi connectivity index (χ1n) is 5.15. The molecule has 0 aromatic heterocycles. The predicted octanol–water partition coefficient (Wildman–Crippen LogP) is 4.08. The molecule has 0 fully saturated rings. The van der Waals surface area contributed by atoms with Crippen LogP contribution in [0.15, 0.2) is 36.1 Å². The van der Waals surface area contributed by atoms with Gasteiger partial charge in [-0.3, -0.25) is 0 Å². The molecular formula is C13H22O. The molecule has 0 aliphatic rings. The number of hydrogen-bond acceptors (Lipinski definition) is 1. The smallest absolute Gasteiger partial charge is 0.0932 e. The number of hydrogen-bond donors (Lipinski definition) is 0. The fourth-order valence-electron chi connectivity index (χ4n) is 1.12. The van der Waals surface area contributed by atoms with Gasteiger partial charge in [-0.1, -0.05) is 32.6 Å². The van der Waals surface area contributed by atoms with Gasteiger partial charge in [-0.25, -0.2) is 0 Å². The Kier molecular flexibility index (Phi) is 6.02. The Hall–Kier alpha value is -0.980. The highest BCUT2D eigenvalue weighted by Gasteiger charge is 1.97. The first-order chi connectivity index (χ1) is 6.47. The zero-order valence-electron chi connectivity index (χ0n) is 10.0. The number of ether oxygens (including phenoxy) is 1. The lowest BCUT2D eigenvalue weighted by atomic mass is 10.0. The van der Waals surface area contributed by atoms with E-state index in [9.17, 15) is 0 Å². The van der Waals surface area contributed by atoms with Crippen LogP contribution < -0.4 is 0 Å². The van der Waals surface area contributed by atoms with E-state index >= 15 is 0 Å². The summed E-state index contributed by atoms with van der Waals surface area (Å²) < 4.78 is 5.51. The van der Waals surface area contributed by atoms with Crippen LogP contribution in [0.1, 0.15) is 34.6 Å². The molecule has 0 atom stereocenters. The zero-order chi connectivity index (χ0) is 11.1. The molecule has 14 heavy (non-hydrogen) atoms. The molecule has 0 spiro atoms. The summed E-state index contributed by atoms with van der Waals surface area (Å²) in [6, 6.07) is 0. The quantitative estimate of drug-likeness (QED) is 0.473. The van der Waals surface area contributed by atoms with Gasteiger partial charge in [0.05, 0.1) is 11.9 Å². The average molecular weight is 194 g/mol. The summed E-state index contributed by atoms with van der Waals surface area (Å²) in [6.45, 7) is 14.1. The minimum Gasteiger partial charge on any atom is -0.496 e. The van der Waals surface area contributed by atoms with Crippen molar-refractivity contribution < 1.29 is 4.74 Å². The van der Waals surface area contributed by atoms with Crippen LogP contribution in [0.5, 0.6) is 0 Å². The molecule has 0 saturated heterocycles. The maximum Gasteiger partial charge on any atom is 0.0932 e. The minimum atomic E-state index is 0.242. The Balaban J connectivity index is 4.41. The second-order valence-electron chi connectivity index (χ2n) is 3.97. The summed E-state index contributed by atoms with van der Waals surface area (Å²) >= 11 is 0. The molecule has 0 radical (unpaired) electrons. The normalized spacial score (nSPS) is 13.6. The Morgan fingerprint density at radius 3 is 2.07 bits per heavy atom. The van der Waals surface area contributed by atoms with E-state index < -0.39 is 0 Å². The van der Waals surface area contributed by atoms with Crippen molar-refractivity contribution in [2.45, 2.75) is 40.7 Å². The number of allylic oxidation sites excluding steroid dienone is 5. The van der Waals surface area contributed by atoms with E-state index in [0.717, 1.165) is 5.76 Å². The van der Waals surface area contributed by atoms with Crippen LogP contribution in [0.25, 0.3) is 0 Å². The molecule has 0 bridgehead atoms. The molecule has 80 valence electrons. The molecule has 0 aliphatic carbocycles. The van der Waals surface area contributed by atoms with Crippen LogP contribution in [0, 0.1) is 5.92 Å². The SMILES string of the molecule is C=C/C(=C\C=C(/C)OC(C)C)C(C)C. The first kappa shape index (κ1) is 13.0. The van der Waals surface area contributed by atoms with Crippen LogP contribution in [0.2, 0.25) is 0 Å². The molecule has 1 heteroatoms. The van der Waals surface area contributed by atoms with Crippen LogP contribution in [-0.2, 0) is 4.74 Å². The molecule has 0 aliphatic heterocycles. The highest BCUT2D eigenvalue weighted by molar-refractivity contribution is 5.24. The lowest BCUT2D eigenvalue weighted by Crippen LogP contribution is -1.99. The highest BCUT2D eigenvalue weighted by atomic mass is 16.5. The van der Waals surface area contributed by atoms with Gasteiger partial charge in [0, 0.05) is 0 Å². The summed E-state index contributed by atoms with van der Waals surface area (Å²) in [4.78, 5) is 0. The zero-order valence-corrected chi connectivity index (χ0v) is 10.0. The molecule has 0 rings (SSSR count). The van der Waals surface area contributed by atoms with Gasteiger partial charge in [-0.15, -0.1) is 0 Å². The van der Waals surface area contributed by atoms with Crippen molar-refractivity contribution >= 4 is 0 Å². The van der Waals surface area contributed by atoms with Gasteiger partial charge in [0.2, 0.25) is 0 Å². The van der Waals surface area contributed by atoms with Crippen molar-refractivity contribution in [3.63, 3.8) is 0 Å². The molecule has 0 amide bonds. The van der Waals surface area contributed by atoms with Gasteiger partial charge in [0.1, 0.15) is 0 Å². The number of rotatable bonds is 5. The van der Waals surface area contributed by atoms with E-state index in [1.807, 2.05) is 32.9 Å². The van der Waals surface area contributed by atoms with Crippen molar-refractivity contribution in [2.75, 3.05) is 0 Å². The van der Waals surface area contributed by atoms with Gasteiger partial charge in [-0.2, -0.15) is 0 Å². The fraction of sp³-hybridized carbons (Fsp3) is 0.538. The van der Waals surface area contributed by atoms with Crippen molar-refractivity contribution in [2.24, 2.45) is 5.92 Å². The lowest BCUT2D eigenvalue weighted by molar-refractivity contribution is 0.149. The van der Waals surface area contributed by atoms with E-state index in [2.05, 4.69) is 26.5 Å². The molecule has 1 nitrogen and oxygen atoms in total. The molecule has 0 heterocycles. The third-order valence-electron chi connectivity index (χ3n) is 1.83. The van der Waals surface area contributed by atoms with Gasteiger partial charge < -0.3 is 4.74 Å². The van der Waals surface area contributed by atoms with Crippen LogP contribution in [0.3, 0.4) is 0 Å². The van der Waals surface area contributed by atoms with E-state index in [0.29, 0.717) is 5.92 Å². The summed E-state index contributed by atoms with van der Waals surface area (Å²) in [7, 11) is 0. The monoisotopic (exact) mass is 194 g/mol. The van der Waals surface area contributed by atoms with E-state index in [-0.39, 0.29) is 6.10 Å². The molecule has 0 aromatic rings. The molecular weight excluding hydrogens is 172 g/mol. The molecule has 0 aromatic carbocycles. The summed E-state index contributed by atoms with van der Waals surface area (Å²) in [5.74, 6) is 1.45. The van der Waals surface area contributed by atoms with Gasteiger partial charge in [0.25, 0.3) is 0 Å². The van der Waals surface area contributed by atoms with E-state index in [4.69, 9.17) is 4.74 Å². The van der Waals surface area contributed by atoms with E-state index in [1.54, 1.807) is 0 Å². The van der Waals surface area contributed by atoms with Crippen molar-refractivity contribution in [1.82, 2.24) is 0 Å². The Labute approximate surface area is 88.2 Å². The maximum atomic E-state index is 5.51. The first-order valence-corrected chi connectivity index (χ1v) is 5.15.